The van der Waals surface area contributed by atoms with Crippen LogP contribution in [0.1, 0.15) is 22.6 Å². The standard InChI is InChI=1S/C16H14BrIN4O4/c1-9-15(17)12(7-24-2)11(5-19)16(21-9)25-8-14(23)22-20-6-10-3-4-13(18)26-10/h3-4,6H,7-8H2,1-2H3,(H,22,23). The number of aryl methyl sites for hydroxylation is 1. The molecule has 0 aliphatic carbocycles. The van der Waals surface area contributed by atoms with Crippen LogP contribution >= 0.6 is 38.5 Å². The van der Waals surface area contributed by atoms with Crippen LogP contribution in [0.2, 0.25) is 0 Å². The number of nitriles is 1. The van der Waals surface area contributed by atoms with Gasteiger partial charge in [0.1, 0.15) is 17.4 Å². The monoisotopic (exact) mass is 532 g/mol. The van der Waals surface area contributed by atoms with E-state index < -0.39 is 5.91 Å². The Morgan fingerprint density at radius 2 is 2.35 bits per heavy atom. The lowest BCUT2D eigenvalue weighted by Crippen LogP contribution is -2.25. The van der Waals surface area contributed by atoms with Crippen LogP contribution < -0.4 is 10.2 Å². The maximum Gasteiger partial charge on any atom is 0.278 e. The zero-order valence-electron chi connectivity index (χ0n) is 13.9. The van der Waals surface area contributed by atoms with Crippen molar-refractivity contribution in [3.8, 4) is 11.9 Å². The van der Waals surface area contributed by atoms with Gasteiger partial charge in [-0.1, -0.05) is 0 Å². The number of pyridine rings is 1. The molecule has 0 saturated heterocycles. The first-order chi connectivity index (χ1) is 12.5. The molecule has 0 spiro atoms. The number of amides is 1. The largest absolute Gasteiger partial charge is 0.467 e. The van der Waals surface area contributed by atoms with Gasteiger partial charge in [0, 0.05) is 17.1 Å². The molecular formula is C16H14BrIN4O4. The Labute approximate surface area is 171 Å². The van der Waals surface area contributed by atoms with E-state index in [1.807, 2.05) is 28.7 Å². The maximum absolute atomic E-state index is 11.8. The number of hydrazone groups is 1. The van der Waals surface area contributed by atoms with Crippen molar-refractivity contribution in [1.29, 1.82) is 5.26 Å². The van der Waals surface area contributed by atoms with Crippen molar-refractivity contribution in [3.63, 3.8) is 0 Å². The highest BCUT2D eigenvalue weighted by molar-refractivity contribution is 14.1. The molecule has 26 heavy (non-hydrogen) atoms. The summed E-state index contributed by atoms with van der Waals surface area (Å²) in [7, 11) is 1.52. The Bertz CT molecular complexity index is 876. The molecule has 0 aliphatic heterocycles. The van der Waals surface area contributed by atoms with Gasteiger partial charge in [-0.05, 0) is 57.6 Å². The molecule has 0 aliphatic rings. The number of hydrogen-bond acceptors (Lipinski definition) is 7. The minimum Gasteiger partial charge on any atom is -0.467 e. The Balaban J connectivity index is 2.03. The first kappa shape index (κ1) is 20.3. The Hall–Kier alpha value is -1.97. The third-order valence-corrected chi connectivity index (χ3v) is 4.72. The molecule has 0 saturated carbocycles. The lowest BCUT2D eigenvalue weighted by atomic mass is 10.1. The number of methoxy groups -OCH3 is 1. The fraction of sp³-hybridized carbons (Fsp3) is 0.250. The van der Waals surface area contributed by atoms with Crippen LogP contribution in [0.25, 0.3) is 0 Å². The molecule has 0 unspecified atom stereocenters. The van der Waals surface area contributed by atoms with Crippen molar-refractivity contribution < 1.29 is 18.7 Å². The third-order valence-electron chi connectivity index (χ3n) is 3.08. The van der Waals surface area contributed by atoms with E-state index in [9.17, 15) is 10.1 Å². The van der Waals surface area contributed by atoms with Crippen molar-refractivity contribution in [1.82, 2.24) is 10.4 Å². The average Bonchev–Trinajstić information content (AvgIpc) is 3.02. The Morgan fingerprint density at radius 1 is 1.58 bits per heavy atom. The van der Waals surface area contributed by atoms with E-state index in [1.54, 1.807) is 19.1 Å². The van der Waals surface area contributed by atoms with Crippen molar-refractivity contribution in [3.05, 3.63) is 43.0 Å². The highest BCUT2D eigenvalue weighted by Gasteiger charge is 2.18. The molecule has 0 atom stereocenters. The SMILES string of the molecule is COCc1c(Br)c(C)nc(OCC(=O)NN=Cc2ccc(I)o2)c1C#N. The van der Waals surface area contributed by atoms with Crippen LogP contribution in [-0.4, -0.2) is 30.8 Å². The number of aromatic nitrogens is 1. The van der Waals surface area contributed by atoms with Crippen LogP contribution in [0.5, 0.6) is 5.88 Å². The molecular weight excluding hydrogens is 519 g/mol. The average molecular weight is 533 g/mol. The molecule has 2 rings (SSSR count). The first-order valence-electron chi connectivity index (χ1n) is 7.24. The smallest absolute Gasteiger partial charge is 0.278 e. The van der Waals surface area contributed by atoms with Gasteiger partial charge in [-0.2, -0.15) is 10.4 Å². The fourth-order valence-electron chi connectivity index (χ4n) is 1.95. The lowest BCUT2D eigenvalue weighted by molar-refractivity contribution is -0.123. The minimum absolute atomic E-state index is 0.0694. The zero-order chi connectivity index (χ0) is 19.1. The summed E-state index contributed by atoms with van der Waals surface area (Å²) >= 11 is 5.41. The van der Waals surface area contributed by atoms with E-state index in [0.29, 0.717) is 25.3 Å². The summed E-state index contributed by atoms with van der Waals surface area (Å²) < 4.78 is 17.2. The van der Waals surface area contributed by atoms with Crippen LogP contribution in [0, 0.1) is 22.0 Å². The second-order valence-electron chi connectivity index (χ2n) is 4.94. The van der Waals surface area contributed by atoms with E-state index in [0.717, 1.165) is 0 Å². The second-order valence-corrected chi connectivity index (χ2v) is 6.79. The second kappa shape index (κ2) is 9.65. The number of ether oxygens (including phenoxy) is 2. The van der Waals surface area contributed by atoms with Crippen molar-refractivity contribution in [2.45, 2.75) is 13.5 Å². The van der Waals surface area contributed by atoms with E-state index in [4.69, 9.17) is 13.9 Å². The van der Waals surface area contributed by atoms with Gasteiger partial charge in [0.15, 0.2) is 10.4 Å². The minimum atomic E-state index is -0.498. The number of carbonyl (C=O) groups is 1. The number of halogens is 2. The first-order valence-corrected chi connectivity index (χ1v) is 9.11. The topological polar surface area (TPSA) is 110 Å². The van der Waals surface area contributed by atoms with Crippen LogP contribution in [-0.2, 0) is 16.1 Å². The molecule has 0 fully saturated rings. The number of carbonyl (C=O) groups excluding carboxylic acids is 1. The molecule has 0 radical (unpaired) electrons. The Morgan fingerprint density at radius 3 is 2.96 bits per heavy atom. The zero-order valence-corrected chi connectivity index (χ0v) is 17.6. The predicted molar refractivity (Wildman–Crippen MR) is 105 cm³/mol. The normalized spacial score (nSPS) is 10.7. The summed E-state index contributed by atoms with van der Waals surface area (Å²) in [5.74, 6) is 0.0822. The van der Waals surface area contributed by atoms with E-state index >= 15 is 0 Å². The van der Waals surface area contributed by atoms with E-state index in [2.05, 4.69) is 31.4 Å². The van der Waals surface area contributed by atoms with E-state index in [1.165, 1.54) is 13.3 Å². The van der Waals surface area contributed by atoms with Crippen LogP contribution in [0.3, 0.4) is 0 Å². The summed E-state index contributed by atoms with van der Waals surface area (Å²) in [5, 5.41) is 13.2. The van der Waals surface area contributed by atoms with Gasteiger partial charge in [0.25, 0.3) is 5.91 Å². The molecule has 136 valence electrons. The lowest BCUT2D eigenvalue weighted by Gasteiger charge is -2.13. The number of nitrogens with zero attached hydrogens (tertiary/aromatic N) is 3. The summed E-state index contributed by atoms with van der Waals surface area (Å²) in [5.41, 5.74) is 3.76. The number of furan rings is 1. The summed E-state index contributed by atoms with van der Waals surface area (Å²) in [6.07, 6.45) is 1.37. The summed E-state index contributed by atoms with van der Waals surface area (Å²) in [6.45, 7) is 1.62. The molecule has 2 aromatic rings. The van der Waals surface area contributed by atoms with E-state index in [-0.39, 0.29) is 24.7 Å². The van der Waals surface area contributed by atoms with Crippen LogP contribution in [0.15, 0.2) is 26.1 Å². The molecule has 8 nitrogen and oxygen atoms in total. The molecule has 0 bridgehead atoms. The summed E-state index contributed by atoms with van der Waals surface area (Å²) in [6, 6.07) is 5.53. The molecule has 1 N–H and O–H groups in total. The number of hydrogen-bond donors (Lipinski definition) is 1. The summed E-state index contributed by atoms with van der Waals surface area (Å²) in [4.78, 5) is 16.1. The van der Waals surface area contributed by atoms with Crippen molar-refractivity contribution in [2.75, 3.05) is 13.7 Å². The Kier molecular flexibility index (Phi) is 7.55. The molecule has 0 aromatic carbocycles. The number of nitrogens with one attached hydrogen (secondary N) is 1. The van der Waals surface area contributed by atoms with Gasteiger partial charge in [0.2, 0.25) is 5.88 Å². The van der Waals surface area contributed by atoms with Crippen molar-refractivity contribution in [2.24, 2.45) is 5.10 Å². The molecule has 10 heteroatoms. The van der Waals surface area contributed by atoms with Gasteiger partial charge in [-0.15, -0.1) is 0 Å². The third kappa shape index (κ3) is 5.26. The fourth-order valence-corrected chi connectivity index (χ4v) is 2.78. The van der Waals surface area contributed by atoms with Gasteiger partial charge in [-0.25, -0.2) is 10.4 Å². The highest BCUT2D eigenvalue weighted by atomic mass is 127. The van der Waals surface area contributed by atoms with Gasteiger partial charge in [-0.3, -0.25) is 4.79 Å². The molecule has 2 heterocycles. The predicted octanol–water partition coefficient (Wildman–Crippen LogP) is 2.90. The van der Waals surface area contributed by atoms with Crippen LogP contribution in [0.4, 0.5) is 0 Å². The molecule has 2 aromatic heterocycles. The van der Waals surface area contributed by atoms with Crippen molar-refractivity contribution >= 4 is 50.6 Å². The quantitative estimate of drug-likeness (QED) is 0.333. The highest BCUT2D eigenvalue weighted by Crippen LogP contribution is 2.29. The number of rotatable bonds is 7. The van der Waals surface area contributed by atoms with Gasteiger partial charge in [0.05, 0.1) is 18.5 Å². The maximum atomic E-state index is 11.8. The van der Waals surface area contributed by atoms with Gasteiger partial charge >= 0.3 is 0 Å². The molecule has 1 amide bonds. The van der Waals surface area contributed by atoms with Gasteiger partial charge < -0.3 is 13.9 Å².